The SMILES string of the molecule is CC1CCCCN1c1c(O)ccnc1C#N. The average Bonchev–Trinajstić information content (AvgIpc) is 2.30. The van der Waals surface area contributed by atoms with Crippen molar-refractivity contribution in [2.24, 2.45) is 0 Å². The molecule has 1 saturated heterocycles. The number of pyridine rings is 1. The van der Waals surface area contributed by atoms with Crippen molar-refractivity contribution in [2.45, 2.75) is 32.2 Å². The van der Waals surface area contributed by atoms with E-state index in [9.17, 15) is 5.11 Å². The Bertz CT molecular complexity index is 425. The topological polar surface area (TPSA) is 60.1 Å². The first kappa shape index (κ1) is 10.7. The summed E-state index contributed by atoms with van der Waals surface area (Å²) in [7, 11) is 0. The summed E-state index contributed by atoms with van der Waals surface area (Å²) in [6, 6.07) is 3.94. The Labute approximate surface area is 95.1 Å². The molecule has 0 amide bonds. The number of nitriles is 1. The summed E-state index contributed by atoms with van der Waals surface area (Å²) in [5.41, 5.74) is 0.908. The molecule has 1 aliphatic rings. The first-order chi connectivity index (χ1) is 7.74. The summed E-state index contributed by atoms with van der Waals surface area (Å²) >= 11 is 0. The predicted molar refractivity (Wildman–Crippen MR) is 61.3 cm³/mol. The van der Waals surface area contributed by atoms with Gasteiger partial charge >= 0.3 is 0 Å². The van der Waals surface area contributed by atoms with Crippen LogP contribution in [0.4, 0.5) is 5.69 Å². The highest BCUT2D eigenvalue weighted by molar-refractivity contribution is 5.65. The molecule has 0 spiro atoms. The van der Waals surface area contributed by atoms with Crippen molar-refractivity contribution in [3.05, 3.63) is 18.0 Å². The monoisotopic (exact) mass is 217 g/mol. The van der Waals surface area contributed by atoms with Crippen LogP contribution in [0.1, 0.15) is 31.9 Å². The maximum Gasteiger partial charge on any atom is 0.167 e. The van der Waals surface area contributed by atoms with Crippen LogP contribution in [0.3, 0.4) is 0 Å². The van der Waals surface area contributed by atoms with E-state index in [-0.39, 0.29) is 5.75 Å². The standard InChI is InChI=1S/C12H15N3O/c1-9-4-2-3-7-15(9)12-10(8-13)14-6-5-11(12)16/h5-6,9H,2-4,7H2,1H3,(H,14,16). The molecule has 4 heteroatoms. The van der Waals surface area contributed by atoms with Gasteiger partial charge in [-0.05, 0) is 26.2 Å². The van der Waals surface area contributed by atoms with Crippen LogP contribution < -0.4 is 4.90 Å². The second-order valence-corrected chi connectivity index (χ2v) is 4.18. The van der Waals surface area contributed by atoms with Gasteiger partial charge in [-0.15, -0.1) is 0 Å². The third kappa shape index (κ3) is 1.81. The fourth-order valence-corrected chi connectivity index (χ4v) is 2.24. The molecule has 0 bridgehead atoms. The van der Waals surface area contributed by atoms with Gasteiger partial charge in [0.15, 0.2) is 5.69 Å². The number of rotatable bonds is 1. The lowest BCUT2D eigenvalue weighted by Gasteiger charge is -2.35. The zero-order valence-electron chi connectivity index (χ0n) is 9.35. The van der Waals surface area contributed by atoms with E-state index in [4.69, 9.17) is 5.26 Å². The molecule has 4 nitrogen and oxygen atoms in total. The fraction of sp³-hybridized carbons (Fsp3) is 0.500. The minimum absolute atomic E-state index is 0.153. The summed E-state index contributed by atoms with van der Waals surface area (Å²) in [4.78, 5) is 6.09. The molecule has 2 rings (SSSR count). The lowest BCUT2D eigenvalue weighted by molar-refractivity contribution is 0.449. The largest absolute Gasteiger partial charge is 0.506 e. The van der Waals surface area contributed by atoms with Crippen LogP contribution >= 0.6 is 0 Å². The lowest BCUT2D eigenvalue weighted by Crippen LogP contribution is -2.38. The van der Waals surface area contributed by atoms with Gasteiger partial charge in [-0.2, -0.15) is 5.26 Å². The highest BCUT2D eigenvalue weighted by atomic mass is 16.3. The molecular weight excluding hydrogens is 202 g/mol. The third-order valence-corrected chi connectivity index (χ3v) is 3.10. The summed E-state index contributed by atoms with van der Waals surface area (Å²) in [6.07, 6.45) is 4.87. The van der Waals surface area contributed by atoms with E-state index < -0.39 is 0 Å². The maximum absolute atomic E-state index is 9.86. The molecule has 1 aromatic rings. The number of aromatic hydroxyl groups is 1. The maximum atomic E-state index is 9.86. The Morgan fingerprint density at radius 1 is 1.56 bits per heavy atom. The highest BCUT2D eigenvalue weighted by Gasteiger charge is 2.24. The smallest absolute Gasteiger partial charge is 0.167 e. The van der Waals surface area contributed by atoms with Gasteiger partial charge in [0.05, 0.1) is 0 Å². The number of aromatic nitrogens is 1. The van der Waals surface area contributed by atoms with Crippen molar-refractivity contribution >= 4 is 5.69 Å². The molecule has 0 aromatic carbocycles. The van der Waals surface area contributed by atoms with Crippen LogP contribution in [0.2, 0.25) is 0 Å². The molecule has 0 aliphatic carbocycles. The minimum atomic E-state index is 0.153. The molecule has 0 radical (unpaired) electrons. The molecule has 16 heavy (non-hydrogen) atoms. The van der Waals surface area contributed by atoms with Gasteiger partial charge in [-0.1, -0.05) is 0 Å². The van der Waals surface area contributed by atoms with Gasteiger partial charge in [0.1, 0.15) is 17.5 Å². The van der Waals surface area contributed by atoms with Crippen molar-refractivity contribution in [2.75, 3.05) is 11.4 Å². The van der Waals surface area contributed by atoms with Crippen molar-refractivity contribution in [1.29, 1.82) is 5.26 Å². The van der Waals surface area contributed by atoms with Gasteiger partial charge in [0.25, 0.3) is 0 Å². The zero-order chi connectivity index (χ0) is 11.5. The summed E-state index contributed by atoms with van der Waals surface area (Å²) in [5, 5.41) is 18.9. The predicted octanol–water partition coefficient (Wildman–Crippen LogP) is 2.04. The zero-order valence-corrected chi connectivity index (χ0v) is 9.35. The van der Waals surface area contributed by atoms with Crippen molar-refractivity contribution in [3.63, 3.8) is 0 Å². The first-order valence-electron chi connectivity index (χ1n) is 5.58. The Kier molecular flexibility index (Phi) is 2.95. The van der Waals surface area contributed by atoms with E-state index in [0.29, 0.717) is 17.4 Å². The van der Waals surface area contributed by atoms with Gasteiger partial charge < -0.3 is 10.0 Å². The second-order valence-electron chi connectivity index (χ2n) is 4.18. The van der Waals surface area contributed by atoms with E-state index in [1.807, 2.05) is 6.07 Å². The molecule has 1 N–H and O–H groups in total. The van der Waals surface area contributed by atoms with Crippen molar-refractivity contribution in [1.82, 2.24) is 4.98 Å². The van der Waals surface area contributed by atoms with Gasteiger partial charge in [-0.25, -0.2) is 4.98 Å². The fourth-order valence-electron chi connectivity index (χ4n) is 2.24. The van der Waals surface area contributed by atoms with Crippen LogP contribution in [0.5, 0.6) is 5.75 Å². The molecule has 2 heterocycles. The van der Waals surface area contributed by atoms with Crippen LogP contribution in [-0.4, -0.2) is 22.7 Å². The molecule has 84 valence electrons. The Morgan fingerprint density at radius 2 is 2.38 bits per heavy atom. The van der Waals surface area contributed by atoms with Gasteiger partial charge in [-0.3, -0.25) is 0 Å². The molecule has 1 fully saturated rings. The Balaban J connectivity index is 2.42. The van der Waals surface area contributed by atoms with Crippen LogP contribution in [0.15, 0.2) is 12.3 Å². The van der Waals surface area contributed by atoms with E-state index in [2.05, 4.69) is 16.8 Å². The summed E-state index contributed by atoms with van der Waals surface area (Å²) in [6.45, 7) is 3.00. The van der Waals surface area contributed by atoms with Gasteiger partial charge in [0, 0.05) is 24.8 Å². The lowest BCUT2D eigenvalue weighted by atomic mass is 10.0. The number of anilines is 1. The normalized spacial score (nSPS) is 20.5. The third-order valence-electron chi connectivity index (χ3n) is 3.10. The van der Waals surface area contributed by atoms with Crippen molar-refractivity contribution in [3.8, 4) is 11.8 Å². The molecule has 0 saturated carbocycles. The molecule has 1 aromatic heterocycles. The van der Waals surface area contributed by atoms with Crippen molar-refractivity contribution < 1.29 is 5.11 Å². The second kappa shape index (κ2) is 4.40. The average molecular weight is 217 g/mol. The first-order valence-corrected chi connectivity index (χ1v) is 5.58. The number of nitrogens with zero attached hydrogens (tertiary/aromatic N) is 3. The van der Waals surface area contributed by atoms with Crippen LogP contribution in [0, 0.1) is 11.3 Å². The van der Waals surface area contributed by atoms with E-state index in [1.165, 1.54) is 18.7 Å². The van der Waals surface area contributed by atoms with Crippen LogP contribution in [0.25, 0.3) is 0 Å². The highest BCUT2D eigenvalue weighted by Crippen LogP contribution is 2.33. The summed E-state index contributed by atoms with van der Waals surface area (Å²) in [5.74, 6) is 0.153. The number of piperidine rings is 1. The van der Waals surface area contributed by atoms with E-state index in [0.717, 1.165) is 19.4 Å². The Hall–Kier alpha value is -1.76. The van der Waals surface area contributed by atoms with Gasteiger partial charge in [0.2, 0.25) is 0 Å². The number of hydrogen-bond acceptors (Lipinski definition) is 4. The van der Waals surface area contributed by atoms with E-state index in [1.54, 1.807) is 0 Å². The van der Waals surface area contributed by atoms with E-state index >= 15 is 0 Å². The quantitative estimate of drug-likeness (QED) is 0.782. The Morgan fingerprint density at radius 3 is 3.06 bits per heavy atom. The summed E-state index contributed by atoms with van der Waals surface area (Å²) < 4.78 is 0. The minimum Gasteiger partial charge on any atom is -0.506 e. The molecular formula is C12H15N3O. The molecule has 1 unspecified atom stereocenters. The number of hydrogen-bond donors (Lipinski definition) is 1. The molecule has 1 aliphatic heterocycles. The molecule has 1 atom stereocenters. The van der Waals surface area contributed by atoms with Crippen LogP contribution in [-0.2, 0) is 0 Å².